The Bertz CT molecular complexity index is 979. The number of nitrogens with one attached hydrogen (secondary N) is 2. The van der Waals surface area contributed by atoms with Gasteiger partial charge in [0.1, 0.15) is 11.9 Å². The first-order valence-electron chi connectivity index (χ1n) is 10.2. The highest BCUT2D eigenvalue weighted by Crippen LogP contribution is 2.25. The van der Waals surface area contributed by atoms with Gasteiger partial charge in [-0.2, -0.15) is 4.31 Å². The number of anilines is 1. The summed E-state index contributed by atoms with van der Waals surface area (Å²) in [7, 11) is -1.76. The van der Waals surface area contributed by atoms with E-state index in [0.29, 0.717) is 30.9 Å². The summed E-state index contributed by atoms with van der Waals surface area (Å²) in [5, 5.41) is 1.76. The van der Waals surface area contributed by atoms with Crippen LogP contribution in [0.5, 0.6) is 0 Å². The van der Waals surface area contributed by atoms with Gasteiger partial charge in [0.2, 0.25) is 15.9 Å². The molecule has 0 aromatic heterocycles. The second-order valence-corrected chi connectivity index (χ2v) is 10.9. The van der Waals surface area contributed by atoms with Gasteiger partial charge in [-0.1, -0.05) is 6.07 Å². The van der Waals surface area contributed by atoms with E-state index in [9.17, 15) is 18.0 Å². The van der Waals surface area contributed by atoms with Gasteiger partial charge in [0, 0.05) is 25.3 Å². The molecule has 2 heterocycles. The molecule has 2 aliphatic heterocycles. The molecule has 3 unspecified atom stereocenters. The van der Waals surface area contributed by atoms with Crippen molar-refractivity contribution in [3.8, 4) is 0 Å². The van der Waals surface area contributed by atoms with Crippen LogP contribution in [-0.2, 0) is 19.6 Å². The molecule has 0 aliphatic carbocycles. The molecule has 0 spiro atoms. The lowest BCUT2D eigenvalue weighted by Gasteiger charge is -2.36. The number of aryl methyl sites for hydroxylation is 1. The van der Waals surface area contributed by atoms with Crippen molar-refractivity contribution in [3.63, 3.8) is 0 Å². The third kappa shape index (κ3) is 5.53. The number of amides is 2. The zero-order valence-electron chi connectivity index (χ0n) is 17.9. The lowest BCUT2D eigenvalue weighted by molar-refractivity contribution is -0.141. The highest BCUT2D eigenvalue weighted by atomic mass is 35.5. The Kier molecular flexibility index (Phi) is 8.02. The largest absolute Gasteiger partial charge is 0.324 e. The van der Waals surface area contributed by atoms with E-state index in [1.54, 1.807) is 19.1 Å². The van der Waals surface area contributed by atoms with Crippen molar-refractivity contribution in [2.45, 2.75) is 35.2 Å². The number of alkyl halides is 2. The van der Waals surface area contributed by atoms with E-state index in [1.807, 2.05) is 7.05 Å². The van der Waals surface area contributed by atoms with Crippen molar-refractivity contribution in [1.82, 2.24) is 19.6 Å². The number of hydrogen-bond acceptors (Lipinski definition) is 7. The van der Waals surface area contributed by atoms with Crippen molar-refractivity contribution in [1.29, 1.82) is 0 Å². The maximum Gasteiger partial charge on any atom is 0.256 e. The summed E-state index contributed by atoms with van der Waals surface area (Å²) >= 11 is 12.0. The molecule has 178 valence electrons. The average molecular weight is 507 g/mol. The first-order chi connectivity index (χ1) is 15.0. The molecule has 2 amide bonds. The van der Waals surface area contributed by atoms with Crippen LogP contribution in [0.3, 0.4) is 0 Å². The number of nitrogens with zero attached hydrogens (tertiary/aromatic N) is 3. The van der Waals surface area contributed by atoms with Gasteiger partial charge in [-0.3, -0.25) is 14.6 Å². The summed E-state index contributed by atoms with van der Waals surface area (Å²) in [6.45, 7) is 3.67. The number of nitrogens with two attached hydrogens (primary N) is 1. The van der Waals surface area contributed by atoms with Crippen molar-refractivity contribution >= 4 is 50.7 Å². The lowest BCUT2D eigenvalue weighted by atomic mass is 10.2. The summed E-state index contributed by atoms with van der Waals surface area (Å²) in [5.74, 6) is -1.11. The number of hydrogen-bond donors (Lipinski definition) is 3. The minimum absolute atomic E-state index is 0.139. The average Bonchev–Trinajstić information content (AvgIpc) is 2.96. The van der Waals surface area contributed by atoms with E-state index in [-0.39, 0.29) is 11.4 Å². The van der Waals surface area contributed by atoms with Crippen LogP contribution in [0.25, 0.3) is 0 Å². The van der Waals surface area contributed by atoms with E-state index in [4.69, 9.17) is 28.9 Å². The fourth-order valence-corrected chi connectivity index (χ4v) is 5.77. The summed E-state index contributed by atoms with van der Waals surface area (Å²) < 4.78 is 28.0. The van der Waals surface area contributed by atoms with Gasteiger partial charge in [0.05, 0.1) is 16.4 Å². The van der Waals surface area contributed by atoms with Gasteiger partial charge in [-0.05, 0) is 44.6 Å². The van der Waals surface area contributed by atoms with Gasteiger partial charge >= 0.3 is 0 Å². The van der Waals surface area contributed by atoms with Crippen molar-refractivity contribution in [2.75, 3.05) is 45.1 Å². The molecule has 2 fully saturated rings. The van der Waals surface area contributed by atoms with Gasteiger partial charge in [0.25, 0.3) is 5.91 Å². The molecule has 10 nitrogen and oxygen atoms in total. The fourth-order valence-electron chi connectivity index (χ4n) is 3.61. The molecule has 0 saturated carbocycles. The van der Waals surface area contributed by atoms with E-state index in [0.717, 1.165) is 18.0 Å². The van der Waals surface area contributed by atoms with Crippen molar-refractivity contribution in [2.24, 2.45) is 5.73 Å². The molecule has 0 bridgehead atoms. The number of rotatable bonds is 5. The van der Waals surface area contributed by atoms with Crippen molar-refractivity contribution in [3.05, 3.63) is 23.8 Å². The van der Waals surface area contributed by atoms with Crippen LogP contribution >= 0.6 is 23.2 Å². The Balaban J connectivity index is 1.73. The number of halogens is 2. The molecule has 13 heteroatoms. The Hall–Kier alpha value is -1.47. The first kappa shape index (κ1) is 25.2. The smallest absolute Gasteiger partial charge is 0.256 e. The van der Waals surface area contributed by atoms with Crippen LogP contribution in [0.4, 0.5) is 5.69 Å². The Morgan fingerprint density at radius 1 is 1.25 bits per heavy atom. The first-order valence-corrected chi connectivity index (χ1v) is 12.5. The quantitative estimate of drug-likeness (QED) is 0.483. The van der Waals surface area contributed by atoms with E-state index in [1.165, 1.54) is 10.4 Å². The van der Waals surface area contributed by atoms with E-state index >= 15 is 0 Å². The predicted octanol–water partition coefficient (Wildman–Crippen LogP) is 0.106. The SMILES string of the molecule is Cc1ccc(NC(=O)CN2NC(N)C(Cl)C(Cl)C2=O)cc1S(=O)(=O)N1CCCN(C)CC1. The van der Waals surface area contributed by atoms with E-state index in [2.05, 4.69) is 15.6 Å². The summed E-state index contributed by atoms with van der Waals surface area (Å²) in [6, 6.07) is 4.69. The second kappa shape index (κ2) is 10.2. The zero-order chi connectivity index (χ0) is 23.6. The second-order valence-electron chi connectivity index (χ2n) is 8.01. The van der Waals surface area contributed by atoms with Gasteiger partial charge in [0.15, 0.2) is 0 Å². The van der Waals surface area contributed by atoms with Crippen molar-refractivity contribution < 1.29 is 18.0 Å². The van der Waals surface area contributed by atoms with Gasteiger partial charge < -0.3 is 16.0 Å². The van der Waals surface area contributed by atoms with Crippen LogP contribution in [0.1, 0.15) is 12.0 Å². The maximum absolute atomic E-state index is 13.3. The standard InChI is InChI=1S/C19H28Cl2N6O4S/c1-12-4-5-13(10-14(12)32(30,31)26-7-3-6-25(2)8-9-26)23-15(28)11-27-19(29)17(21)16(20)18(22)24-27/h4-5,10,16-18,24H,3,6-9,11,22H2,1-2H3,(H,23,28). The minimum Gasteiger partial charge on any atom is -0.324 e. The summed E-state index contributed by atoms with van der Waals surface area (Å²) in [5.41, 5.74) is 9.32. The number of hydrazine groups is 1. The molecular formula is C19H28Cl2N6O4S. The topological polar surface area (TPSA) is 128 Å². The van der Waals surface area contributed by atoms with Crippen LogP contribution < -0.4 is 16.5 Å². The number of carbonyl (C=O) groups is 2. The number of sulfonamides is 1. The fraction of sp³-hybridized carbons (Fsp3) is 0.579. The predicted molar refractivity (Wildman–Crippen MR) is 123 cm³/mol. The number of likely N-dealkylation sites (N-methyl/N-ethyl adjacent to an activating group) is 1. The monoisotopic (exact) mass is 506 g/mol. The highest BCUT2D eigenvalue weighted by molar-refractivity contribution is 7.89. The Morgan fingerprint density at radius 2 is 1.97 bits per heavy atom. The zero-order valence-corrected chi connectivity index (χ0v) is 20.3. The van der Waals surface area contributed by atoms with E-state index < -0.39 is 38.8 Å². The summed E-state index contributed by atoms with van der Waals surface area (Å²) in [4.78, 5) is 27.0. The third-order valence-corrected chi connectivity index (χ3v) is 8.65. The lowest BCUT2D eigenvalue weighted by Crippen LogP contribution is -2.66. The molecule has 1 aromatic carbocycles. The van der Waals surface area contributed by atoms with Crippen LogP contribution in [0.15, 0.2) is 23.1 Å². The molecule has 2 aliphatic rings. The summed E-state index contributed by atoms with van der Waals surface area (Å²) in [6.07, 6.45) is -0.0528. The van der Waals surface area contributed by atoms with Gasteiger partial charge in [-0.15, -0.1) is 23.2 Å². The Labute approximate surface area is 198 Å². The van der Waals surface area contributed by atoms with Gasteiger partial charge in [-0.25, -0.2) is 13.8 Å². The van der Waals surface area contributed by atoms with Crippen LogP contribution in [0, 0.1) is 6.92 Å². The highest BCUT2D eigenvalue weighted by Gasteiger charge is 2.39. The normalized spacial score (nSPS) is 26.1. The van der Waals surface area contributed by atoms with Crippen LogP contribution in [0.2, 0.25) is 0 Å². The number of carbonyl (C=O) groups excluding carboxylic acids is 2. The molecular weight excluding hydrogens is 479 g/mol. The minimum atomic E-state index is -3.72. The molecule has 4 N–H and O–H groups in total. The third-order valence-electron chi connectivity index (χ3n) is 5.50. The molecule has 3 atom stereocenters. The molecule has 32 heavy (non-hydrogen) atoms. The van der Waals surface area contributed by atoms with Crippen LogP contribution in [-0.4, -0.2) is 91.1 Å². The molecule has 0 radical (unpaired) electrons. The number of benzene rings is 1. The maximum atomic E-state index is 13.3. The molecule has 3 rings (SSSR count). The molecule has 2 saturated heterocycles. The Morgan fingerprint density at radius 3 is 2.69 bits per heavy atom. The molecule has 1 aromatic rings.